The Morgan fingerprint density at radius 3 is 2.25 bits per heavy atom. The van der Waals surface area contributed by atoms with Crippen LogP contribution >= 0.6 is 0 Å². The van der Waals surface area contributed by atoms with Crippen LogP contribution in [-0.4, -0.2) is 33.5 Å². The van der Waals surface area contributed by atoms with Gasteiger partial charge in [-0.05, 0) is 24.6 Å². The molecule has 0 saturated carbocycles. The number of phenols is 1. The van der Waals surface area contributed by atoms with E-state index in [1.807, 2.05) is 24.1 Å². The van der Waals surface area contributed by atoms with Crippen molar-refractivity contribution in [2.75, 3.05) is 33.3 Å². The van der Waals surface area contributed by atoms with Crippen LogP contribution in [0.3, 0.4) is 0 Å². The number of aromatic hydroxyl groups is 1. The highest BCUT2D eigenvalue weighted by Crippen LogP contribution is 2.41. The lowest BCUT2D eigenvalue weighted by molar-refractivity contribution is 0.324. The number of nitrogens with zero attached hydrogens (tertiary/aromatic N) is 1. The molecule has 0 aliphatic carbocycles. The van der Waals surface area contributed by atoms with E-state index in [2.05, 4.69) is 0 Å². The Balaban J connectivity index is 2.05. The maximum absolute atomic E-state index is 12.0. The summed E-state index contributed by atoms with van der Waals surface area (Å²) >= 11 is 0. The molecule has 0 spiro atoms. The van der Waals surface area contributed by atoms with Gasteiger partial charge in [-0.1, -0.05) is 0 Å². The number of anilines is 1. The molecule has 0 fully saturated rings. The molecule has 2 aromatic carbocycles. The second kappa shape index (κ2) is 7.72. The lowest BCUT2D eigenvalue weighted by Crippen LogP contribution is -2.18. The van der Waals surface area contributed by atoms with Gasteiger partial charge < -0.3 is 28.6 Å². The van der Waals surface area contributed by atoms with Crippen LogP contribution in [0.2, 0.25) is 0 Å². The van der Waals surface area contributed by atoms with E-state index in [0.29, 0.717) is 34.9 Å². The second-order valence-corrected chi connectivity index (χ2v) is 6.42. The third kappa shape index (κ3) is 3.43. The minimum atomic E-state index is -0.463. The summed E-state index contributed by atoms with van der Waals surface area (Å²) < 4.78 is 21.5. The number of methoxy groups -OCH3 is 3. The smallest absolute Gasteiger partial charge is 0.336 e. The first-order chi connectivity index (χ1) is 13.4. The number of fused-ring (bicyclic) bond motifs is 1. The van der Waals surface area contributed by atoms with E-state index in [1.54, 1.807) is 40.4 Å². The van der Waals surface area contributed by atoms with Gasteiger partial charge in [0, 0.05) is 48.4 Å². The maximum Gasteiger partial charge on any atom is 0.336 e. The first-order valence-electron chi connectivity index (χ1n) is 8.66. The first kappa shape index (κ1) is 19.4. The number of ether oxygens (including phenoxy) is 3. The molecule has 0 saturated heterocycles. The average Bonchev–Trinajstić information content (AvgIpc) is 2.69. The Morgan fingerprint density at radius 1 is 1.04 bits per heavy atom. The Kier molecular flexibility index (Phi) is 5.35. The molecule has 1 N–H and O–H groups in total. The topological polar surface area (TPSA) is 81.4 Å². The summed E-state index contributed by atoms with van der Waals surface area (Å²) in [5, 5.41) is 10.7. The minimum Gasteiger partial charge on any atom is -0.508 e. The zero-order valence-electron chi connectivity index (χ0n) is 16.5. The van der Waals surface area contributed by atoms with Crippen LogP contribution in [0, 0.1) is 6.92 Å². The van der Waals surface area contributed by atoms with Gasteiger partial charge in [0.05, 0.1) is 21.3 Å². The van der Waals surface area contributed by atoms with Gasteiger partial charge >= 0.3 is 5.63 Å². The zero-order valence-corrected chi connectivity index (χ0v) is 16.5. The highest BCUT2D eigenvalue weighted by Gasteiger charge is 2.17. The summed E-state index contributed by atoms with van der Waals surface area (Å²) in [5.74, 6) is 1.69. The summed E-state index contributed by atoms with van der Waals surface area (Å²) in [6.45, 7) is 2.15. The van der Waals surface area contributed by atoms with Crippen LogP contribution < -0.4 is 24.7 Å². The average molecular weight is 385 g/mol. The summed E-state index contributed by atoms with van der Waals surface area (Å²) in [6, 6.07) is 8.49. The molecule has 28 heavy (non-hydrogen) atoms. The number of hydrogen-bond acceptors (Lipinski definition) is 7. The van der Waals surface area contributed by atoms with Crippen molar-refractivity contribution < 1.29 is 23.7 Å². The molecule has 3 aromatic rings. The van der Waals surface area contributed by atoms with Gasteiger partial charge in [-0.25, -0.2) is 4.79 Å². The van der Waals surface area contributed by atoms with Crippen molar-refractivity contribution in [3.63, 3.8) is 0 Å². The predicted molar refractivity (Wildman–Crippen MR) is 107 cm³/mol. The van der Waals surface area contributed by atoms with Crippen LogP contribution in [0.15, 0.2) is 39.5 Å². The maximum atomic E-state index is 12.0. The van der Waals surface area contributed by atoms with E-state index in [1.165, 1.54) is 6.07 Å². The number of phenolic OH excluding ortho intramolecular Hbond substituents is 1. The third-order valence-corrected chi connectivity index (χ3v) is 4.72. The van der Waals surface area contributed by atoms with Crippen LogP contribution in [0.25, 0.3) is 11.0 Å². The van der Waals surface area contributed by atoms with Crippen LogP contribution in [0.1, 0.15) is 11.1 Å². The van der Waals surface area contributed by atoms with E-state index in [4.69, 9.17) is 18.6 Å². The van der Waals surface area contributed by atoms with E-state index < -0.39 is 5.63 Å². The number of benzene rings is 2. The van der Waals surface area contributed by atoms with Gasteiger partial charge in [-0.3, -0.25) is 0 Å². The molecule has 0 radical (unpaired) electrons. The predicted octanol–water partition coefficient (Wildman–Crippen LogP) is 3.47. The van der Waals surface area contributed by atoms with E-state index >= 15 is 0 Å². The summed E-state index contributed by atoms with van der Waals surface area (Å²) in [7, 11) is 6.57. The van der Waals surface area contributed by atoms with Crippen molar-refractivity contribution in [2.45, 2.75) is 13.5 Å². The van der Waals surface area contributed by atoms with Crippen LogP contribution in [0.4, 0.5) is 5.69 Å². The molecule has 1 aromatic heterocycles. The highest BCUT2D eigenvalue weighted by atomic mass is 16.5. The molecule has 0 amide bonds. The SMILES string of the molecule is COc1cc(N(C)Cc2cc(=O)oc3c(C)c(O)ccc23)cc(OC)c1OC. The van der Waals surface area contributed by atoms with Gasteiger partial charge in [0.2, 0.25) is 5.75 Å². The van der Waals surface area contributed by atoms with Gasteiger partial charge in [0.25, 0.3) is 0 Å². The van der Waals surface area contributed by atoms with E-state index in [9.17, 15) is 9.90 Å². The fourth-order valence-corrected chi connectivity index (χ4v) is 3.18. The molecule has 0 unspecified atom stereocenters. The minimum absolute atomic E-state index is 0.0887. The second-order valence-electron chi connectivity index (χ2n) is 6.42. The molecule has 3 rings (SSSR count). The zero-order chi connectivity index (χ0) is 20.4. The molecule has 148 valence electrons. The largest absolute Gasteiger partial charge is 0.508 e. The fraction of sp³-hybridized carbons (Fsp3) is 0.286. The van der Waals surface area contributed by atoms with Crippen molar-refractivity contribution in [1.29, 1.82) is 0 Å². The molecular formula is C21H23NO6. The molecule has 0 atom stereocenters. The molecule has 0 aliphatic rings. The van der Waals surface area contributed by atoms with E-state index in [-0.39, 0.29) is 5.75 Å². The van der Waals surface area contributed by atoms with Crippen LogP contribution in [0.5, 0.6) is 23.0 Å². The Hall–Kier alpha value is -3.35. The lowest BCUT2D eigenvalue weighted by Gasteiger charge is -2.23. The number of aryl methyl sites for hydroxylation is 1. The fourth-order valence-electron chi connectivity index (χ4n) is 3.18. The van der Waals surface area contributed by atoms with Crippen molar-refractivity contribution in [3.8, 4) is 23.0 Å². The molecule has 7 nitrogen and oxygen atoms in total. The van der Waals surface area contributed by atoms with Gasteiger partial charge in [0.1, 0.15) is 11.3 Å². The monoisotopic (exact) mass is 385 g/mol. The highest BCUT2D eigenvalue weighted by molar-refractivity contribution is 5.85. The molecule has 0 bridgehead atoms. The van der Waals surface area contributed by atoms with Gasteiger partial charge in [-0.15, -0.1) is 0 Å². The standard InChI is InChI=1S/C21H23NO6/c1-12-16(23)7-6-15-13(8-19(24)28-20(12)15)11-22(2)14-9-17(25-3)21(27-5)18(10-14)26-4/h6-10,23H,11H2,1-5H3. The van der Waals surface area contributed by atoms with Crippen molar-refractivity contribution >= 4 is 16.7 Å². The molecular weight excluding hydrogens is 362 g/mol. The first-order valence-corrected chi connectivity index (χ1v) is 8.66. The Morgan fingerprint density at radius 2 is 1.68 bits per heavy atom. The van der Waals surface area contributed by atoms with Crippen molar-refractivity contribution in [3.05, 3.63) is 51.9 Å². The summed E-state index contributed by atoms with van der Waals surface area (Å²) in [5.41, 5.74) is 2.07. The third-order valence-electron chi connectivity index (χ3n) is 4.72. The van der Waals surface area contributed by atoms with Crippen molar-refractivity contribution in [1.82, 2.24) is 0 Å². The lowest BCUT2D eigenvalue weighted by atomic mass is 10.1. The number of rotatable bonds is 6. The van der Waals surface area contributed by atoms with Gasteiger partial charge in [-0.2, -0.15) is 0 Å². The summed E-state index contributed by atoms with van der Waals surface area (Å²) in [4.78, 5) is 14.0. The molecule has 0 aliphatic heterocycles. The normalized spacial score (nSPS) is 10.8. The molecule has 1 heterocycles. The molecule has 7 heteroatoms. The van der Waals surface area contributed by atoms with Gasteiger partial charge in [0.15, 0.2) is 11.5 Å². The van der Waals surface area contributed by atoms with Crippen molar-refractivity contribution in [2.24, 2.45) is 0 Å². The Labute approximate surface area is 162 Å². The van der Waals surface area contributed by atoms with E-state index in [0.717, 1.165) is 16.6 Å². The van der Waals surface area contributed by atoms with Crippen LogP contribution in [-0.2, 0) is 6.54 Å². The summed E-state index contributed by atoms with van der Waals surface area (Å²) in [6.07, 6.45) is 0. The quantitative estimate of drug-likeness (QED) is 0.651. The number of hydrogen-bond donors (Lipinski definition) is 1. The Bertz CT molecular complexity index is 1050.